The summed E-state index contributed by atoms with van der Waals surface area (Å²) in [4.78, 5) is 0. The van der Waals surface area contributed by atoms with E-state index in [1.54, 1.807) is 13.3 Å². The maximum Gasteiger partial charge on any atom is 0.186 e. The fourth-order valence-corrected chi connectivity index (χ4v) is 3.84. The molecule has 31 heavy (non-hydrogen) atoms. The maximum absolute atomic E-state index is 6.02. The van der Waals surface area contributed by atoms with E-state index in [0.29, 0.717) is 35.7 Å². The minimum absolute atomic E-state index is 0.397. The van der Waals surface area contributed by atoms with Gasteiger partial charge in [-0.25, -0.2) is 0 Å². The lowest BCUT2D eigenvalue weighted by molar-refractivity contribution is 0.209. The van der Waals surface area contributed by atoms with Crippen molar-refractivity contribution >= 4 is 46.1 Å². The Balaban J connectivity index is 2.00. The minimum atomic E-state index is 0.397. The highest BCUT2D eigenvalue weighted by Crippen LogP contribution is 2.33. The Hall–Kier alpha value is -2.07. The van der Waals surface area contributed by atoms with Crippen LogP contribution < -0.4 is 25.0 Å². The molecule has 0 saturated carbocycles. The zero-order valence-corrected chi connectivity index (χ0v) is 21.6. The van der Waals surface area contributed by atoms with Gasteiger partial charge < -0.3 is 19.5 Å². The van der Waals surface area contributed by atoms with Crippen molar-refractivity contribution in [3.05, 3.63) is 50.6 Å². The lowest BCUT2D eigenvalue weighted by atomic mass is 10.0. The third-order valence-electron chi connectivity index (χ3n) is 4.35. The van der Waals surface area contributed by atoms with E-state index in [4.69, 9.17) is 26.4 Å². The number of ether oxygens (including phenoxy) is 3. The monoisotopic (exact) mass is 555 g/mol. The van der Waals surface area contributed by atoms with E-state index in [9.17, 15) is 0 Å². The molecule has 2 aromatic carbocycles. The number of nitrogens with zero attached hydrogens (tertiary/aromatic N) is 1. The van der Waals surface area contributed by atoms with Crippen molar-refractivity contribution in [2.75, 3.05) is 26.9 Å². The van der Waals surface area contributed by atoms with E-state index >= 15 is 0 Å². The highest BCUT2D eigenvalue weighted by Gasteiger charge is 2.12. The predicted octanol–water partition coefficient (Wildman–Crippen LogP) is 5.01. The van der Waals surface area contributed by atoms with Crippen LogP contribution in [0.2, 0.25) is 0 Å². The molecule has 0 amide bonds. The van der Waals surface area contributed by atoms with Crippen LogP contribution >= 0.6 is 34.8 Å². The number of hydrogen-bond acceptors (Lipinski definition) is 5. The van der Waals surface area contributed by atoms with Crippen molar-refractivity contribution in [1.82, 2.24) is 10.7 Å². The molecule has 0 bridgehead atoms. The molecule has 0 spiro atoms. The summed E-state index contributed by atoms with van der Waals surface area (Å²) in [5.41, 5.74) is 6.02. The number of benzene rings is 2. The van der Waals surface area contributed by atoms with E-state index in [2.05, 4.69) is 77.4 Å². The van der Waals surface area contributed by atoms with Crippen LogP contribution in [-0.2, 0) is 0 Å². The number of thiocarbonyl (C=S) groups is 1. The summed E-state index contributed by atoms with van der Waals surface area (Å²) in [6, 6.07) is 10.2. The molecule has 0 saturated heterocycles. The first-order chi connectivity index (χ1) is 14.8. The number of nitrogens with one attached hydrogen (secondary N) is 2. The van der Waals surface area contributed by atoms with Crippen LogP contribution in [0.4, 0.5) is 0 Å². The second-order valence-electron chi connectivity index (χ2n) is 7.16. The molecule has 0 aliphatic rings. The highest BCUT2D eigenvalue weighted by molar-refractivity contribution is 14.1. The van der Waals surface area contributed by atoms with Crippen molar-refractivity contribution in [3.8, 4) is 17.2 Å². The van der Waals surface area contributed by atoms with Crippen LogP contribution in [-0.4, -0.2) is 38.2 Å². The SMILES string of the molecule is CCNC(=S)N/N=C/c1cc(I)c(OCCOc2cc(C)ccc2C(C)C)c(OC)c1. The zero-order valence-electron chi connectivity index (χ0n) is 18.6. The van der Waals surface area contributed by atoms with Gasteiger partial charge in [-0.3, -0.25) is 5.43 Å². The van der Waals surface area contributed by atoms with E-state index in [1.165, 1.54) is 11.1 Å². The van der Waals surface area contributed by atoms with Crippen molar-refractivity contribution in [2.45, 2.75) is 33.6 Å². The molecule has 0 radical (unpaired) electrons. The van der Waals surface area contributed by atoms with Gasteiger partial charge in [-0.2, -0.15) is 5.10 Å². The van der Waals surface area contributed by atoms with Gasteiger partial charge in [0.25, 0.3) is 0 Å². The quantitative estimate of drug-likeness (QED) is 0.141. The molecular weight excluding hydrogens is 525 g/mol. The first kappa shape index (κ1) is 25.2. The molecule has 0 aliphatic heterocycles. The van der Waals surface area contributed by atoms with Gasteiger partial charge in [0.2, 0.25) is 0 Å². The smallest absolute Gasteiger partial charge is 0.186 e. The Morgan fingerprint density at radius 3 is 2.58 bits per heavy atom. The number of hydrogen-bond donors (Lipinski definition) is 2. The van der Waals surface area contributed by atoms with Gasteiger partial charge in [0.05, 0.1) is 16.9 Å². The Bertz CT molecular complexity index is 919. The average Bonchev–Trinajstić information content (AvgIpc) is 2.72. The summed E-state index contributed by atoms with van der Waals surface area (Å²) in [5.74, 6) is 2.64. The number of hydrazone groups is 1. The summed E-state index contributed by atoms with van der Waals surface area (Å²) in [6.45, 7) is 9.95. The van der Waals surface area contributed by atoms with Crippen molar-refractivity contribution in [2.24, 2.45) is 5.10 Å². The third-order valence-corrected chi connectivity index (χ3v) is 5.38. The topological polar surface area (TPSA) is 64.1 Å². The molecule has 2 rings (SSSR count). The van der Waals surface area contributed by atoms with Crippen LogP contribution in [0.15, 0.2) is 35.4 Å². The molecule has 0 atom stereocenters. The Kier molecular flexibility index (Phi) is 10.3. The van der Waals surface area contributed by atoms with Crippen molar-refractivity contribution in [1.29, 1.82) is 0 Å². The van der Waals surface area contributed by atoms with Crippen LogP contribution in [0, 0.1) is 10.5 Å². The second kappa shape index (κ2) is 12.7. The third kappa shape index (κ3) is 7.84. The number of halogens is 1. The molecule has 6 nitrogen and oxygen atoms in total. The Labute approximate surface area is 203 Å². The molecule has 0 aliphatic carbocycles. The summed E-state index contributed by atoms with van der Waals surface area (Å²) in [5, 5.41) is 7.60. The van der Waals surface area contributed by atoms with E-state index in [0.717, 1.165) is 21.4 Å². The molecule has 0 unspecified atom stereocenters. The molecule has 168 valence electrons. The van der Waals surface area contributed by atoms with Gasteiger partial charge in [0.1, 0.15) is 19.0 Å². The van der Waals surface area contributed by atoms with Crippen LogP contribution in [0.5, 0.6) is 17.2 Å². The summed E-state index contributed by atoms with van der Waals surface area (Å²) >= 11 is 7.32. The first-order valence-electron chi connectivity index (χ1n) is 10.2. The number of rotatable bonds is 10. The van der Waals surface area contributed by atoms with Gasteiger partial charge in [0, 0.05) is 6.54 Å². The molecule has 2 N–H and O–H groups in total. The lowest BCUT2D eigenvalue weighted by Crippen LogP contribution is -2.31. The molecule has 8 heteroatoms. The van der Waals surface area contributed by atoms with Crippen LogP contribution in [0.25, 0.3) is 0 Å². The van der Waals surface area contributed by atoms with Gasteiger partial charge in [-0.05, 0) is 89.5 Å². The number of aryl methyl sites for hydroxylation is 1. The van der Waals surface area contributed by atoms with Crippen molar-refractivity contribution < 1.29 is 14.2 Å². The van der Waals surface area contributed by atoms with E-state index in [1.807, 2.05) is 19.1 Å². The Morgan fingerprint density at radius 2 is 1.90 bits per heavy atom. The van der Waals surface area contributed by atoms with Gasteiger partial charge >= 0.3 is 0 Å². The average molecular weight is 555 g/mol. The second-order valence-corrected chi connectivity index (χ2v) is 8.73. The summed E-state index contributed by atoms with van der Waals surface area (Å²) in [7, 11) is 1.62. The summed E-state index contributed by atoms with van der Waals surface area (Å²) in [6.07, 6.45) is 1.69. The largest absolute Gasteiger partial charge is 0.493 e. The van der Waals surface area contributed by atoms with Crippen LogP contribution in [0.1, 0.15) is 43.4 Å². The lowest BCUT2D eigenvalue weighted by Gasteiger charge is -2.16. The minimum Gasteiger partial charge on any atom is -0.493 e. The molecular formula is C23H30IN3O3S. The van der Waals surface area contributed by atoms with E-state index < -0.39 is 0 Å². The van der Waals surface area contributed by atoms with Gasteiger partial charge in [-0.1, -0.05) is 26.0 Å². The van der Waals surface area contributed by atoms with Crippen molar-refractivity contribution in [3.63, 3.8) is 0 Å². The fraction of sp³-hybridized carbons (Fsp3) is 0.391. The predicted molar refractivity (Wildman–Crippen MR) is 139 cm³/mol. The zero-order chi connectivity index (χ0) is 22.8. The maximum atomic E-state index is 6.02. The molecule has 0 heterocycles. The fourth-order valence-electron chi connectivity index (χ4n) is 2.86. The van der Waals surface area contributed by atoms with E-state index in [-0.39, 0.29) is 0 Å². The van der Waals surface area contributed by atoms with Gasteiger partial charge in [-0.15, -0.1) is 0 Å². The summed E-state index contributed by atoms with van der Waals surface area (Å²) < 4.78 is 18.5. The van der Waals surface area contributed by atoms with Crippen LogP contribution in [0.3, 0.4) is 0 Å². The normalized spacial score (nSPS) is 10.9. The molecule has 2 aromatic rings. The van der Waals surface area contributed by atoms with Gasteiger partial charge in [0.15, 0.2) is 16.6 Å². The Morgan fingerprint density at radius 1 is 1.16 bits per heavy atom. The molecule has 0 aromatic heterocycles. The molecule has 0 fully saturated rings. The standard InChI is InChI=1S/C23H30IN3O3S/c1-6-25-23(31)27-26-14-17-12-19(24)22(21(13-17)28-5)30-10-9-29-20-11-16(4)7-8-18(20)15(2)3/h7-8,11-15H,6,9-10H2,1-5H3,(H2,25,27,31)/b26-14+. The first-order valence-corrected chi connectivity index (χ1v) is 11.6. The number of methoxy groups -OCH3 is 1. The highest BCUT2D eigenvalue weighted by atomic mass is 127.